The van der Waals surface area contributed by atoms with Gasteiger partial charge in [0, 0.05) is 12.5 Å². The van der Waals surface area contributed by atoms with E-state index >= 15 is 0 Å². The third-order valence-corrected chi connectivity index (χ3v) is 4.24. The Morgan fingerprint density at radius 2 is 1.95 bits per heavy atom. The molecule has 0 aliphatic carbocycles. The van der Waals surface area contributed by atoms with Crippen molar-refractivity contribution in [1.82, 2.24) is 0 Å². The molecular weight excluding hydrogens is 262 g/mol. The Balaban J connectivity index is 2.16. The van der Waals surface area contributed by atoms with Crippen molar-refractivity contribution in [3.8, 4) is 5.75 Å². The molecule has 2 N–H and O–H groups in total. The highest BCUT2D eigenvalue weighted by molar-refractivity contribution is 5.34. The van der Waals surface area contributed by atoms with E-state index in [1.165, 1.54) is 5.56 Å². The molecule has 0 bridgehead atoms. The number of para-hydroxylation sites is 1. The van der Waals surface area contributed by atoms with Gasteiger partial charge in [-0.25, -0.2) is 0 Å². The summed E-state index contributed by atoms with van der Waals surface area (Å²) in [6.07, 6.45) is 2.78. The number of hydrogen-bond acceptors (Lipinski definition) is 3. The maximum absolute atomic E-state index is 6.32. The average Bonchev–Trinajstić information content (AvgIpc) is 2.59. The number of hydrogen-bond donors (Lipinski definition) is 1. The van der Waals surface area contributed by atoms with Crippen molar-refractivity contribution in [2.24, 2.45) is 5.73 Å². The van der Waals surface area contributed by atoms with Crippen LogP contribution in [0.25, 0.3) is 0 Å². The van der Waals surface area contributed by atoms with E-state index in [9.17, 15) is 0 Å². The SMILES string of the molecule is CCC(N)Cc1ccccc1OC1CC(C)(C)OC1(C)C. The molecule has 0 radical (unpaired) electrons. The van der Waals surface area contributed by atoms with E-state index in [1.54, 1.807) is 0 Å². The van der Waals surface area contributed by atoms with Crippen molar-refractivity contribution in [2.45, 2.75) is 77.2 Å². The fourth-order valence-electron chi connectivity index (χ4n) is 3.06. The first-order valence-corrected chi connectivity index (χ1v) is 7.94. The highest BCUT2D eigenvalue weighted by Gasteiger charge is 2.47. The zero-order chi connectivity index (χ0) is 15.7. The molecule has 2 unspecified atom stereocenters. The van der Waals surface area contributed by atoms with Crippen LogP contribution in [0.5, 0.6) is 5.75 Å². The summed E-state index contributed by atoms with van der Waals surface area (Å²) in [5.41, 5.74) is 6.88. The minimum absolute atomic E-state index is 0.0616. The van der Waals surface area contributed by atoms with Gasteiger partial charge < -0.3 is 15.2 Å². The number of rotatable bonds is 5. The predicted molar refractivity (Wildman–Crippen MR) is 86.7 cm³/mol. The Morgan fingerprint density at radius 3 is 2.52 bits per heavy atom. The van der Waals surface area contributed by atoms with Crippen molar-refractivity contribution in [3.63, 3.8) is 0 Å². The highest BCUT2D eigenvalue weighted by atomic mass is 16.6. The molecule has 1 heterocycles. The van der Waals surface area contributed by atoms with Gasteiger partial charge in [0.1, 0.15) is 17.5 Å². The van der Waals surface area contributed by atoms with Gasteiger partial charge in [-0.3, -0.25) is 0 Å². The molecule has 3 nitrogen and oxygen atoms in total. The normalized spacial score (nSPS) is 24.8. The second-order valence-corrected chi connectivity index (χ2v) is 7.26. The molecule has 2 rings (SSSR count). The summed E-state index contributed by atoms with van der Waals surface area (Å²) in [4.78, 5) is 0. The molecular formula is C18H29NO2. The van der Waals surface area contributed by atoms with Gasteiger partial charge in [0.05, 0.1) is 5.60 Å². The second kappa shape index (κ2) is 5.98. The van der Waals surface area contributed by atoms with E-state index in [1.807, 2.05) is 18.2 Å². The molecule has 1 saturated heterocycles. The van der Waals surface area contributed by atoms with Crippen LogP contribution in [0, 0.1) is 0 Å². The third kappa shape index (κ3) is 3.98. The lowest BCUT2D eigenvalue weighted by molar-refractivity contribution is -0.0846. The summed E-state index contributed by atoms with van der Waals surface area (Å²) >= 11 is 0. The largest absolute Gasteiger partial charge is 0.487 e. The minimum Gasteiger partial charge on any atom is -0.487 e. The van der Waals surface area contributed by atoms with Crippen molar-refractivity contribution in [1.29, 1.82) is 0 Å². The topological polar surface area (TPSA) is 44.5 Å². The molecule has 1 aromatic rings. The third-order valence-electron chi connectivity index (χ3n) is 4.24. The Hall–Kier alpha value is -1.06. The Labute approximate surface area is 128 Å². The zero-order valence-electron chi connectivity index (χ0n) is 14.0. The molecule has 1 aromatic carbocycles. The standard InChI is InChI=1S/C18H29NO2/c1-6-14(19)11-13-9-7-8-10-15(13)20-16-12-17(2,3)21-18(16,4)5/h7-10,14,16H,6,11-12,19H2,1-5H3. The van der Waals surface area contributed by atoms with Gasteiger partial charge in [0.2, 0.25) is 0 Å². The van der Waals surface area contributed by atoms with Crippen molar-refractivity contribution < 1.29 is 9.47 Å². The van der Waals surface area contributed by atoms with Gasteiger partial charge in [0.25, 0.3) is 0 Å². The number of ether oxygens (including phenoxy) is 2. The number of benzene rings is 1. The molecule has 3 heteroatoms. The molecule has 0 saturated carbocycles. The summed E-state index contributed by atoms with van der Waals surface area (Å²) < 4.78 is 12.4. The van der Waals surface area contributed by atoms with E-state index in [0.717, 1.165) is 25.0 Å². The fourth-order valence-corrected chi connectivity index (χ4v) is 3.06. The van der Waals surface area contributed by atoms with Gasteiger partial charge >= 0.3 is 0 Å². The average molecular weight is 291 g/mol. The Bertz CT molecular complexity index is 482. The molecule has 0 amide bonds. The summed E-state index contributed by atoms with van der Waals surface area (Å²) in [5, 5.41) is 0. The van der Waals surface area contributed by atoms with Gasteiger partial charge in [-0.15, -0.1) is 0 Å². The lowest BCUT2D eigenvalue weighted by Crippen LogP contribution is -2.37. The molecule has 21 heavy (non-hydrogen) atoms. The maximum atomic E-state index is 6.32. The lowest BCUT2D eigenvalue weighted by atomic mass is 9.96. The quantitative estimate of drug-likeness (QED) is 0.900. The Morgan fingerprint density at radius 1 is 1.29 bits per heavy atom. The first-order valence-electron chi connectivity index (χ1n) is 7.94. The van der Waals surface area contributed by atoms with E-state index < -0.39 is 0 Å². The van der Waals surface area contributed by atoms with Crippen LogP contribution in [0.1, 0.15) is 53.0 Å². The first-order chi connectivity index (χ1) is 9.73. The van der Waals surface area contributed by atoms with Crippen LogP contribution < -0.4 is 10.5 Å². The summed E-state index contributed by atoms with van der Waals surface area (Å²) in [6, 6.07) is 8.39. The van der Waals surface area contributed by atoms with Crippen LogP contribution in [0.15, 0.2) is 24.3 Å². The maximum Gasteiger partial charge on any atom is 0.130 e. The number of nitrogens with two attached hydrogens (primary N) is 1. The molecule has 2 atom stereocenters. The van der Waals surface area contributed by atoms with Crippen LogP contribution >= 0.6 is 0 Å². The summed E-state index contributed by atoms with van der Waals surface area (Å²) in [5.74, 6) is 0.945. The van der Waals surface area contributed by atoms with E-state index in [2.05, 4.69) is 40.7 Å². The van der Waals surface area contributed by atoms with Crippen LogP contribution in [0.2, 0.25) is 0 Å². The smallest absolute Gasteiger partial charge is 0.130 e. The predicted octanol–water partition coefficient (Wildman–Crippen LogP) is 3.69. The van der Waals surface area contributed by atoms with E-state index in [-0.39, 0.29) is 23.3 Å². The zero-order valence-corrected chi connectivity index (χ0v) is 14.0. The van der Waals surface area contributed by atoms with Crippen LogP contribution in [-0.4, -0.2) is 23.3 Å². The molecule has 0 spiro atoms. The van der Waals surface area contributed by atoms with Crippen molar-refractivity contribution >= 4 is 0 Å². The van der Waals surface area contributed by atoms with Gasteiger partial charge in [-0.1, -0.05) is 25.1 Å². The van der Waals surface area contributed by atoms with Crippen LogP contribution in [0.4, 0.5) is 0 Å². The summed E-state index contributed by atoms with van der Waals surface area (Å²) in [7, 11) is 0. The Kier molecular flexibility index (Phi) is 4.64. The molecule has 118 valence electrons. The van der Waals surface area contributed by atoms with E-state index in [4.69, 9.17) is 15.2 Å². The fraction of sp³-hybridized carbons (Fsp3) is 0.667. The van der Waals surface area contributed by atoms with Crippen molar-refractivity contribution in [2.75, 3.05) is 0 Å². The van der Waals surface area contributed by atoms with Crippen LogP contribution in [-0.2, 0) is 11.2 Å². The molecule has 1 aliphatic heterocycles. The molecule has 0 aromatic heterocycles. The lowest BCUT2D eigenvalue weighted by Gasteiger charge is -2.28. The molecule has 1 fully saturated rings. The first kappa shape index (κ1) is 16.3. The second-order valence-electron chi connectivity index (χ2n) is 7.26. The van der Waals surface area contributed by atoms with Gasteiger partial charge in [-0.2, -0.15) is 0 Å². The van der Waals surface area contributed by atoms with Gasteiger partial charge in [0.15, 0.2) is 0 Å². The molecule has 1 aliphatic rings. The monoisotopic (exact) mass is 291 g/mol. The van der Waals surface area contributed by atoms with Gasteiger partial charge in [-0.05, 0) is 52.2 Å². The minimum atomic E-state index is -0.274. The highest BCUT2D eigenvalue weighted by Crippen LogP contribution is 2.40. The summed E-state index contributed by atoms with van der Waals surface area (Å²) in [6.45, 7) is 10.6. The van der Waals surface area contributed by atoms with E-state index in [0.29, 0.717) is 0 Å². The van der Waals surface area contributed by atoms with Crippen molar-refractivity contribution in [3.05, 3.63) is 29.8 Å². The van der Waals surface area contributed by atoms with Crippen LogP contribution in [0.3, 0.4) is 0 Å².